The number of piperidine rings is 1. The Bertz CT molecular complexity index is 577. The third-order valence-corrected chi connectivity index (χ3v) is 3.46. The van der Waals surface area contributed by atoms with Crippen LogP contribution in [0.25, 0.3) is 0 Å². The van der Waals surface area contributed by atoms with Crippen molar-refractivity contribution in [2.24, 2.45) is 5.92 Å². The summed E-state index contributed by atoms with van der Waals surface area (Å²) in [4.78, 5) is 13.9. The molecule has 5 heteroatoms. The Kier molecular flexibility index (Phi) is 5.18. The number of rotatable bonds is 1. The topological polar surface area (TPSA) is 52.6 Å². The summed E-state index contributed by atoms with van der Waals surface area (Å²) in [5.74, 6) is 4.95. The van der Waals surface area contributed by atoms with Crippen molar-refractivity contribution in [3.63, 3.8) is 0 Å². The zero-order valence-corrected chi connectivity index (χ0v) is 12.0. The van der Waals surface area contributed by atoms with Crippen LogP contribution in [0.3, 0.4) is 0 Å². The van der Waals surface area contributed by atoms with E-state index in [1.54, 1.807) is 4.90 Å². The molecule has 0 radical (unpaired) electrons. The van der Waals surface area contributed by atoms with Crippen LogP contribution in [-0.4, -0.2) is 35.7 Å². The Balaban J connectivity index is 2.07. The van der Waals surface area contributed by atoms with Gasteiger partial charge in [-0.25, -0.2) is 9.18 Å². The van der Waals surface area contributed by atoms with Crippen LogP contribution in [0.4, 0.5) is 14.9 Å². The molecule has 1 saturated heterocycles. The van der Waals surface area contributed by atoms with Gasteiger partial charge in [-0.15, -0.1) is 0 Å². The Morgan fingerprint density at radius 3 is 3.10 bits per heavy atom. The molecule has 1 atom stereocenters. The van der Waals surface area contributed by atoms with Crippen LogP contribution in [0.5, 0.6) is 0 Å². The zero-order valence-electron chi connectivity index (χ0n) is 12.0. The molecule has 0 aromatic heterocycles. The first-order chi connectivity index (χ1) is 10.1. The van der Waals surface area contributed by atoms with Gasteiger partial charge in [0.1, 0.15) is 12.4 Å². The molecular weight excluding hydrogens is 271 g/mol. The van der Waals surface area contributed by atoms with E-state index in [0.717, 1.165) is 25.9 Å². The van der Waals surface area contributed by atoms with E-state index >= 15 is 0 Å². The van der Waals surface area contributed by atoms with Crippen LogP contribution in [0.15, 0.2) is 18.2 Å². The maximum Gasteiger partial charge on any atom is 0.321 e. The second-order valence-electron chi connectivity index (χ2n) is 5.28. The summed E-state index contributed by atoms with van der Waals surface area (Å²) >= 11 is 0. The number of nitrogens with one attached hydrogen (secondary N) is 1. The number of anilines is 1. The van der Waals surface area contributed by atoms with E-state index in [4.69, 9.17) is 5.11 Å². The predicted octanol–water partition coefficient (Wildman–Crippen LogP) is 2.43. The van der Waals surface area contributed by atoms with Crippen molar-refractivity contribution < 1.29 is 14.3 Å². The van der Waals surface area contributed by atoms with Crippen molar-refractivity contribution in [3.05, 3.63) is 29.6 Å². The average molecular weight is 290 g/mol. The molecule has 4 nitrogen and oxygen atoms in total. The summed E-state index contributed by atoms with van der Waals surface area (Å²) in [6.45, 7) is 3.28. The summed E-state index contributed by atoms with van der Waals surface area (Å²) < 4.78 is 13.5. The van der Waals surface area contributed by atoms with E-state index in [1.165, 1.54) is 18.2 Å². The molecule has 0 bridgehead atoms. The Morgan fingerprint density at radius 2 is 2.38 bits per heavy atom. The molecule has 0 saturated carbocycles. The van der Waals surface area contributed by atoms with Crippen molar-refractivity contribution in [2.45, 2.75) is 19.8 Å². The van der Waals surface area contributed by atoms with Crippen molar-refractivity contribution in [1.29, 1.82) is 0 Å². The Labute approximate surface area is 124 Å². The second-order valence-corrected chi connectivity index (χ2v) is 5.28. The number of carbonyl (C=O) groups is 1. The van der Waals surface area contributed by atoms with Gasteiger partial charge in [-0.1, -0.05) is 18.8 Å². The molecule has 1 aromatic carbocycles. The highest BCUT2D eigenvalue weighted by Crippen LogP contribution is 2.18. The lowest BCUT2D eigenvalue weighted by atomic mass is 10.0. The number of hydrogen-bond donors (Lipinski definition) is 2. The van der Waals surface area contributed by atoms with Gasteiger partial charge in [0, 0.05) is 18.8 Å². The number of halogens is 1. The molecule has 2 rings (SSSR count). The minimum atomic E-state index is -0.472. The third kappa shape index (κ3) is 4.20. The van der Waals surface area contributed by atoms with Gasteiger partial charge in [0.15, 0.2) is 0 Å². The predicted molar refractivity (Wildman–Crippen MR) is 79.4 cm³/mol. The third-order valence-electron chi connectivity index (χ3n) is 3.46. The Morgan fingerprint density at radius 1 is 1.57 bits per heavy atom. The minimum absolute atomic E-state index is 0.161. The maximum absolute atomic E-state index is 13.5. The van der Waals surface area contributed by atoms with Crippen molar-refractivity contribution >= 4 is 11.7 Å². The summed E-state index contributed by atoms with van der Waals surface area (Å²) in [5, 5.41) is 11.4. The zero-order chi connectivity index (χ0) is 15.2. The van der Waals surface area contributed by atoms with Crippen LogP contribution < -0.4 is 5.32 Å². The first-order valence-corrected chi connectivity index (χ1v) is 7.05. The van der Waals surface area contributed by atoms with Crippen LogP contribution in [0.1, 0.15) is 25.3 Å². The molecule has 1 fully saturated rings. The van der Waals surface area contributed by atoms with Crippen LogP contribution in [0.2, 0.25) is 0 Å². The van der Waals surface area contributed by atoms with Crippen molar-refractivity contribution in [2.75, 3.05) is 25.0 Å². The average Bonchev–Trinajstić information content (AvgIpc) is 2.47. The molecule has 0 aliphatic carbocycles. The van der Waals surface area contributed by atoms with E-state index in [9.17, 15) is 9.18 Å². The number of carbonyl (C=O) groups excluding carboxylic acids is 1. The molecule has 112 valence electrons. The van der Waals surface area contributed by atoms with E-state index in [0.29, 0.717) is 11.6 Å². The molecule has 1 heterocycles. The van der Waals surface area contributed by atoms with E-state index < -0.39 is 5.82 Å². The normalized spacial score (nSPS) is 17.9. The number of likely N-dealkylation sites (tertiary alicyclic amines) is 1. The first-order valence-electron chi connectivity index (χ1n) is 7.05. The molecular formula is C16H19FN2O2. The second kappa shape index (κ2) is 7.09. The monoisotopic (exact) mass is 290 g/mol. The summed E-state index contributed by atoms with van der Waals surface area (Å²) in [7, 11) is 0. The highest BCUT2D eigenvalue weighted by molar-refractivity contribution is 5.89. The van der Waals surface area contributed by atoms with Crippen molar-refractivity contribution in [1.82, 2.24) is 4.90 Å². The molecule has 2 amide bonds. The van der Waals surface area contributed by atoms with E-state index in [-0.39, 0.29) is 18.2 Å². The van der Waals surface area contributed by atoms with Crippen LogP contribution in [0, 0.1) is 23.6 Å². The fourth-order valence-electron chi connectivity index (χ4n) is 2.41. The number of nitrogens with zero attached hydrogens (tertiary/aromatic N) is 1. The SMILES string of the molecule is CC1CCCN(C(=O)Nc2ccc(F)c(C#CCO)c2)C1. The number of aliphatic hydroxyl groups excluding tert-OH is 1. The summed E-state index contributed by atoms with van der Waals surface area (Å²) in [6, 6.07) is 4.07. The van der Waals surface area contributed by atoms with Gasteiger partial charge < -0.3 is 15.3 Å². The van der Waals surface area contributed by atoms with Gasteiger partial charge >= 0.3 is 6.03 Å². The highest BCUT2D eigenvalue weighted by Gasteiger charge is 2.20. The number of hydrogen-bond acceptors (Lipinski definition) is 2. The van der Waals surface area contributed by atoms with E-state index in [2.05, 4.69) is 24.1 Å². The molecule has 0 spiro atoms. The van der Waals surface area contributed by atoms with Gasteiger partial charge in [-0.05, 0) is 37.0 Å². The number of aliphatic hydroxyl groups is 1. The van der Waals surface area contributed by atoms with Crippen LogP contribution in [-0.2, 0) is 0 Å². The van der Waals surface area contributed by atoms with Gasteiger partial charge in [-0.2, -0.15) is 0 Å². The molecule has 21 heavy (non-hydrogen) atoms. The molecule has 2 N–H and O–H groups in total. The largest absolute Gasteiger partial charge is 0.384 e. The molecule has 1 aliphatic rings. The molecule has 1 aliphatic heterocycles. The lowest BCUT2D eigenvalue weighted by Gasteiger charge is -2.30. The van der Waals surface area contributed by atoms with Gasteiger partial charge in [0.2, 0.25) is 0 Å². The first kappa shape index (κ1) is 15.3. The number of amides is 2. The fourth-order valence-corrected chi connectivity index (χ4v) is 2.41. The number of benzene rings is 1. The highest BCUT2D eigenvalue weighted by atomic mass is 19.1. The quantitative estimate of drug-likeness (QED) is 0.781. The maximum atomic E-state index is 13.5. The van der Waals surface area contributed by atoms with Crippen molar-refractivity contribution in [3.8, 4) is 11.8 Å². The molecule has 1 unspecified atom stereocenters. The van der Waals surface area contributed by atoms with Gasteiger partial charge in [-0.3, -0.25) is 0 Å². The van der Waals surface area contributed by atoms with Gasteiger partial charge in [0.05, 0.1) is 5.56 Å². The molecule has 1 aromatic rings. The smallest absolute Gasteiger partial charge is 0.321 e. The lowest BCUT2D eigenvalue weighted by Crippen LogP contribution is -2.41. The summed E-state index contributed by atoms with van der Waals surface area (Å²) in [5.41, 5.74) is 0.663. The summed E-state index contributed by atoms with van der Waals surface area (Å²) in [6.07, 6.45) is 2.15. The number of urea groups is 1. The Hall–Kier alpha value is -2.06. The fraction of sp³-hybridized carbons (Fsp3) is 0.438. The van der Waals surface area contributed by atoms with E-state index in [1.807, 2.05) is 0 Å². The lowest BCUT2D eigenvalue weighted by molar-refractivity contribution is 0.182. The standard InChI is InChI=1S/C16H19FN2O2/c1-12-4-2-8-19(11-12)16(21)18-14-6-7-15(17)13(10-14)5-3-9-20/h6-7,10,12,20H,2,4,8-9,11H2,1H3,(H,18,21). The minimum Gasteiger partial charge on any atom is -0.384 e. The van der Waals surface area contributed by atoms with Crippen LogP contribution >= 0.6 is 0 Å². The van der Waals surface area contributed by atoms with Gasteiger partial charge in [0.25, 0.3) is 0 Å².